The van der Waals surface area contributed by atoms with Crippen LogP contribution in [0.1, 0.15) is 0 Å². The zero-order valence-electron chi connectivity index (χ0n) is 14.3. The Kier molecular flexibility index (Phi) is 9.58. The second kappa shape index (κ2) is 10.9. The number of rotatable bonds is 3. The number of hydrogen-bond acceptors (Lipinski definition) is 7. The number of carbonyl (C=O) groups excluding carboxylic acids is 1. The average Bonchev–Trinajstić information content (AvgIpc) is 2.94. The number of nitrogens with zero attached hydrogens (tertiary/aromatic N) is 2. The van der Waals surface area contributed by atoms with Gasteiger partial charge in [0.15, 0.2) is 5.13 Å². The van der Waals surface area contributed by atoms with E-state index in [1.807, 2.05) is 0 Å². The van der Waals surface area contributed by atoms with Crippen LogP contribution in [0.5, 0.6) is 11.5 Å². The summed E-state index contributed by atoms with van der Waals surface area (Å²) in [4.78, 5) is 15.1. The van der Waals surface area contributed by atoms with Gasteiger partial charge in [-0.1, -0.05) is 22.8 Å². The molecule has 2 aromatic carbocycles. The molecule has 1 aromatic heterocycles. The number of thiazole rings is 1. The maximum Gasteiger partial charge on any atom is 1.00 e. The molecular weight excluding hydrogens is 440 g/mol. The normalized spacial score (nSPS) is 10.1. The van der Waals surface area contributed by atoms with Gasteiger partial charge in [0.05, 0.1) is 10.2 Å². The van der Waals surface area contributed by atoms with Crippen LogP contribution in [-0.4, -0.2) is 17.1 Å². The Morgan fingerprint density at radius 2 is 1.89 bits per heavy atom. The number of nitrogens with two attached hydrogens (primary N) is 1. The van der Waals surface area contributed by atoms with Crippen molar-refractivity contribution in [2.24, 2.45) is 0 Å². The molecule has 3 rings (SSSR count). The van der Waals surface area contributed by atoms with Crippen molar-refractivity contribution in [3.05, 3.63) is 42.5 Å². The smallest absolute Gasteiger partial charge is 0.696 e. The van der Waals surface area contributed by atoms with Gasteiger partial charge in [-0.15, -0.1) is 0 Å². The summed E-state index contributed by atoms with van der Waals surface area (Å²) >= 11 is 4.99. The summed E-state index contributed by atoms with van der Waals surface area (Å²) in [5, 5.41) is 10.7. The number of alkyl halides is 3. The quantitative estimate of drug-likeness (QED) is 0.353. The van der Waals surface area contributed by atoms with Gasteiger partial charge in [-0.05, 0) is 24.3 Å². The van der Waals surface area contributed by atoms with Crippen LogP contribution in [0.15, 0.2) is 42.5 Å². The molecule has 0 bridgehead atoms. The van der Waals surface area contributed by atoms with E-state index in [9.17, 15) is 18.0 Å². The summed E-state index contributed by atoms with van der Waals surface area (Å²) < 4.78 is 43.3. The first-order valence-corrected chi connectivity index (χ1v) is 8.29. The largest absolute Gasteiger partial charge is 1.00 e. The average molecular weight is 451 g/mol. The number of benzene rings is 2. The van der Waals surface area contributed by atoms with Crippen molar-refractivity contribution in [1.82, 2.24) is 4.98 Å². The van der Waals surface area contributed by atoms with Crippen molar-refractivity contribution in [1.29, 1.82) is 5.26 Å². The first kappa shape index (κ1) is 24.6. The molecular formula is C16H10F3KN4O2S2. The van der Waals surface area contributed by atoms with Crippen LogP contribution in [0.4, 0.5) is 24.0 Å². The number of nitrogens with one attached hydrogen (secondary N) is 1. The summed E-state index contributed by atoms with van der Waals surface area (Å²) in [6.07, 6.45) is -4.95. The number of anilines is 2. The van der Waals surface area contributed by atoms with Crippen molar-refractivity contribution in [2.75, 3.05) is 11.1 Å². The molecule has 0 atom stereocenters. The molecule has 140 valence electrons. The minimum Gasteiger partial charge on any atom is -0.696 e. The molecule has 28 heavy (non-hydrogen) atoms. The van der Waals surface area contributed by atoms with Gasteiger partial charge in [0.2, 0.25) is 0 Å². The molecule has 0 aliphatic carbocycles. The van der Waals surface area contributed by atoms with Gasteiger partial charge in [-0.25, -0.2) is 10.2 Å². The first-order valence-electron chi connectivity index (χ1n) is 7.06. The van der Waals surface area contributed by atoms with Crippen LogP contribution >= 0.6 is 11.3 Å². The number of ether oxygens (including phenoxy) is 1. The number of aromatic nitrogens is 1. The number of amides is 1. The zero-order chi connectivity index (χ0) is 20.0. The Morgan fingerprint density at radius 1 is 1.25 bits per heavy atom. The minimum absolute atomic E-state index is 0. The Bertz CT molecular complexity index is 1010. The van der Waals surface area contributed by atoms with Crippen LogP contribution in [0.3, 0.4) is 0 Å². The number of thiocyanates is 1. The van der Waals surface area contributed by atoms with E-state index in [1.54, 1.807) is 29.6 Å². The van der Waals surface area contributed by atoms with Crippen LogP contribution < -0.4 is 67.2 Å². The van der Waals surface area contributed by atoms with E-state index >= 15 is 0 Å². The summed E-state index contributed by atoms with van der Waals surface area (Å²) in [6, 6.07) is 10.8. The third-order valence-corrected chi connectivity index (χ3v) is 3.81. The van der Waals surface area contributed by atoms with Crippen molar-refractivity contribution in [2.45, 2.75) is 6.18 Å². The molecule has 3 aromatic rings. The Morgan fingerprint density at radius 3 is 2.54 bits per heavy atom. The van der Waals surface area contributed by atoms with Crippen LogP contribution in [0.25, 0.3) is 10.2 Å². The van der Waals surface area contributed by atoms with Crippen LogP contribution in [0.2, 0.25) is 0 Å². The fourth-order valence-corrected chi connectivity index (χ4v) is 2.72. The van der Waals surface area contributed by atoms with E-state index in [1.165, 1.54) is 34.9 Å². The van der Waals surface area contributed by atoms with Crippen LogP contribution in [0, 0.1) is 10.7 Å². The SMILES string of the molecule is N#C[S-].Nc1nc2ccc(Oc3cccc(NC(=O)C(F)(F)F)c3)cc2s1.[K+]. The fraction of sp³-hybridized carbons (Fsp3) is 0.0625. The summed E-state index contributed by atoms with van der Waals surface area (Å²) in [7, 11) is 0. The summed E-state index contributed by atoms with van der Waals surface area (Å²) in [6.45, 7) is 0. The van der Waals surface area contributed by atoms with E-state index in [4.69, 9.17) is 15.7 Å². The number of hydrogen-bond donors (Lipinski definition) is 2. The van der Waals surface area contributed by atoms with Gasteiger partial charge >= 0.3 is 63.5 Å². The van der Waals surface area contributed by atoms with E-state index in [0.29, 0.717) is 10.9 Å². The molecule has 0 saturated carbocycles. The van der Waals surface area contributed by atoms with Crippen molar-refractivity contribution >= 4 is 50.9 Å². The van der Waals surface area contributed by atoms with Crippen molar-refractivity contribution < 1.29 is 74.1 Å². The monoisotopic (exact) mass is 450 g/mol. The van der Waals surface area contributed by atoms with Crippen molar-refractivity contribution in [3.63, 3.8) is 0 Å². The number of fused-ring (bicyclic) bond motifs is 1. The number of carbonyl (C=O) groups is 1. The standard InChI is InChI=1S/C15H10F3N3O2S.CHNS.K/c16-15(17,18)13(22)20-8-2-1-3-9(6-8)23-10-4-5-11-12(7-10)24-14(19)21-11;2-1-3;/h1-7H,(H2,19,21)(H,20,22);3H;/q;;+1/p-1. The number of halogens is 3. The molecule has 3 N–H and O–H groups in total. The molecule has 12 heteroatoms. The first-order chi connectivity index (χ1) is 12.7. The maximum absolute atomic E-state index is 12.3. The fourth-order valence-electron chi connectivity index (χ4n) is 1.96. The van der Waals surface area contributed by atoms with Gasteiger partial charge in [0, 0.05) is 17.8 Å². The van der Waals surface area contributed by atoms with Gasteiger partial charge in [0.25, 0.3) is 0 Å². The van der Waals surface area contributed by atoms with E-state index in [-0.39, 0.29) is 62.8 Å². The Balaban J connectivity index is 0.000000921. The third kappa shape index (κ3) is 7.17. The third-order valence-electron chi connectivity index (χ3n) is 2.96. The van der Waals surface area contributed by atoms with Crippen molar-refractivity contribution in [3.8, 4) is 16.9 Å². The van der Waals surface area contributed by atoms with E-state index in [2.05, 4.69) is 17.6 Å². The molecule has 0 fully saturated rings. The zero-order valence-corrected chi connectivity index (χ0v) is 19.0. The molecule has 0 unspecified atom stereocenters. The molecule has 6 nitrogen and oxygen atoms in total. The molecule has 0 radical (unpaired) electrons. The molecule has 1 heterocycles. The topological polar surface area (TPSA) is 101 Å². The van der Waals surface area contributed by atoms with Gasteiger partial charge in [-0.3, -0.25) is 4.79 Å². The molecule has 0 aliphatic rings. The maximum atomic E-state index is 12.3. The van der Waals surface area contributed by atoms with Gasteiger partial charge < -0.3 is 28.4 Å². The van der Waals surface area contributed by atoms with Gasteiger partial charge in [-0.2, -0.15) is 13.2 Å². The van der Waals surface area contributed by atoms with E-state index < -0.39 is 12.1 Å². The second-order valence-corrected chi connectivity index (χ2v) is 6.10. The molecule has 1 amide bonds. The molecule has 0 aliphatic heterocycles. The predicted molar refractivity (Wildman–Crippen MR) is 98.2 cm³/mol. The molecule has 0 spiro atoms. The summed E-state index contributed by atoms with van der Waals surface area (Å²) in [5.41, 5.74) is 6.35. The van der Waals surface area contributed by atoms with Gasteiger partial charge in [0.1, 0.15) is 11.5 Å². The Labute approximate surface area is 209 Å². The number of nitriles is 1. The summed E-state index contributed by atoms with van der Waals surface area (Å²) in [5.74, 6) is -1.28. The molecule has 0 saturated heterocycles. The predicted octanol–water partition coefficient (Wildman–Crippen LogP) is 1.19. The Hall–Kier alpha value is -1.46. The van der Waals surface area contributed by atoms with E-state index in [0.717, 1.165) is 10.2 Å². The minimum atomic E-state index is -4.95. The number of nitrogen functional groups attached to an aromatic ring is 1. The second-order valence-electron chi connectivity index (χ2n) is 4.85. The van der Waals surface area contributed by atoms with Crippen LogP contribution in [-0.2, 0) is 17.4 Å².